The lowest BCUT2D eigenvalue weighted by atomic mass is 10.1. The number of ether oxygens (including phenoxy) is 1. The molecule has 0 spiro atoms. The number of nitrogens with zero attached hydrogens (tertiary/aromatic N) is 1. The van der Waals surface area contributed by atoms with Crippen LogP contribution in [0.15, 0.2) is 18.2 Å². The fourth-order valence-electron chi connectivity index (χ4n) is 1.56. The van der Waals surface area contributed by atoms with Crippen LogP contribution in [-0.2, 0) is 4.79 Å². The minimum atomic E-state index is -0.738. The van der Waals surface area contributed by atoms with Crippen molar-refractivity contribution in [3.8, 4) is 11.8 Å². The van der Waals surface area contributed by atoms with Crippen LogP contribution >= 0.6 is 11.6 Å². The second-order valence-electron chi connectivity index (χ2n) is 3.71. The Morgan fingerprint density at radius 3 is 3.12 bits per heavy atom. The van der Waals surface area contributed by atoms with Gasteiger partial charge in [0.1, 0.15) is 5.75 Å². The highest BCUT2D eigenvalue weighted by atomic mass is 35.5. The zero-order valence-corrected chi connectivity index (χ0v) is 9.57. The number of nitrogens with two attached hydrogens (primary N) is 1. The molecule has 88 valence electrons. The molecular weight excluding hydrogens is 242 g/mol. The Hall–Kier alpha value is -1.77. The maximum absolute atomic E-state index is 11.7. The van der Waals surface area contributed by atoms with Crippen molar-refractivity contribution >= 4 is 23.2 Å². The summed E-state index contributed by atoms with van der Waals surface area (Å²) in [6.07, 6.45) is -0.581. The van der Waals surface area contributed by atoms with E-state index in [9.17, 15) is 4.79 Å². The molecule has 1 unspecified atom stereocenters. The Bertz CT molecular complexity index is 498. The van der Waals surface area contributed by atoms with E-state index >= 15 is 0 Å². The zero-order valence-electron chi connectivity index (χ0n) is 8.81. The van der Waals surface area contributed by atoms with E-state index in [2.05, 4.69) is 5.32 Å². The number of halogens is 1. The van der Waals surface area contributed by atoms with E-state index < -0.39 is 12.1 Å². The molecule has 1 aromatic rings. The van der Waals surface area contributed by atoms with Gasteiger partial charge in [-0.15, -0.1) is 0 Å². The van der Waals surface area contributed by atoms with Gasteiger partial charge in [0.15, 0.2) is 6.10 Å². The normalized spacial score (nSPS) is 19.6. The number of hydrogen-bond acceptors (Lipinski definition) is 4. The Labute approximate surface area is 103 Å². The van der Waals surface area contributed by atoms with Gasteiger partial charge in [0, 0.05) is 11.4 Å². The summed E-state index contributed by atoms with van der Waals surface area (Å²) in [5.74, 6) is 0.217. The molecule has 1 amide bonds. The largest absolute Gasteiger partial charge is 0.478 e. The average molecular weight is 252 g/mol. The van der Waals surface area contributed by atoms with Crippen molar-refractivity contribution in [2.24, 2.45) is 5.73 Å². The number of hydrogen-bond donors (Lipinski definition) is 2. The fraction of sp³-hybridized carbons (Fsp3) is 0.273. The summed E-state index contributed by atoms with van der Waals surface area (Å²) in [7, 11) is 0. The molecule has 5 nitrogen and oxygen atoms in total. The van der Waals surface area contributed by atoms with Crippen LogP contribution in [0.5, 0.6) is 5.75 Å². The predicted octanol–water partition coefficient (Wildman–Crippen LogP) is 1.28. The van der Waals surface area contributed by atoms with E-state index in [-0.39, 0.29) is 12.3 Å². The van der Waals surface area contributed by atoms with Crippen LogP contribution in [0.4, 0.5) is 5.69 Å². The second kappa shape index (κ2) is 4.62. The molecule has 0 aliphatic carbocycles. The minimum Gasteiger partial charge on any atom is -0.478 e. The Balaban J connectivity index is 2.19. The first-order valence-corrected chi connectivity index (χ1v) is 5.40. The summed E-state index contributed by atoms with van der Waals surface area (Å²) in [5, 5.41) is 11.8. The van der Waals surface area contributed by atoms with Crippen molar-refractivity contribution in [3.63, 3.8) is 0 Å². The van der Waals surface area contributed by atoms with Gasteiger partial charge in [0.2, 0.25) is 0 Å². The topological polar surface area (TPSA) is 88.1 Å². The van der Waals surface area contributed by atoms with Crippen molar-refractivity contribution in [2.75, 3.05) is 5.32 Å². The van der Waals surface area contributed by atoms with E-state index in [0.29, 0.717) is 16.5 Å². The molecule has 1 aliphatic rings. The number of nitrogens with one attached hydrogen (secondary N) is 1. The summed E-state index contributed by atoms with van der Waals surface area (Å²) in [6.45, 7) is 0. The van der Waals surface area contributed by atoms with Gasteiger partial charge in [0.25, 0.3) is 5.91 Å². The zero-order chi connectivity index (χ0) is 12.4. The molecule has 2 rings (SSSR count). The number of fused-ring (bicyclic) bond motifs is 1. The highest BCUT2D eigenvalue weighted by Gasteiger charge is 2.29. The van der Waals surface area contributed by atoms with Crippen LogP contribution in [0.25, 0.3) is 0 Å². The van der Waals surface area contributed by atoms with Gasteiger partial charge >= 0.3 is 0 Å². The van der Waals surface area contributed by atoms with Crippen LogP contribution in [0.2, 0.25) is 5.02 Å². The van der Waals surface area contributed by atoms with Gasteiger partial charge in [0.05, 0.1) is 17.8 Å². The van der Waals surface area contributed by atoms with Crippen LogP contribution < -0.4 is 15.8 Å². The lowest BCUT2D eigenvalue weighted by Crippen LogP contribution is -2.40. The molecule has 3 N–H and O–H groups in total. The van der Waals surface area contributed by atoms with Crippen LogP contribution in [0.3, 0.4) is 0 Å². The summed E-state index contributed by atoms with van der Waals surface area (Å²) < 4.78 is 5.47. The Morgan fingerprint density at radius 2 is 2.41 bits per heavy atom. The molecule has 1 aromatic carbocycles. The van der Waals surface area contributed by atoms with Gasteiger partial charge in [-0.2, -0.15) is 5.26 Å². The van der Waals surface area contributed by atoms with Crippen molar-refractivity contribution in [1.82, 2.24) is 0 Å². The Kier molecular flexibility index (Phi) is 3.18. The number of amides is 1. The third-order valence-electron chi connectivity index (χ3n) is 2.39. The molecule has 6 heteroatoms. The molecule has 17 heavy (non-hydrogen) atoms. The smallest absolute Gasteiger partial charge is 0.265 e. The summed E-state index contributed by atoms with van der Waals surface area (Å²) in [4.78, 5) is 11.7. The number of carbonyl (C=O) groups is 1. The summed E-state index contributed by atoms with van der Waals surface area (Å²) >= 11 is 5.80. The monoisotopic (exact) mass is 251 g/mol. The highest BCUT2D eigenvalue weighted by Crippen LogP contribution is 2.32. The van der Waals surface area contributed by atoms with Crippen molar-refractivity contribution in [3.05, 3.63) is 23.2 Å². The van der Waals surface area contributed by atoms with Gasteiger partial charge < -0.3 is 15.8 Å². The van der Waals surface area contributed by atoms with Crippen molar-refractivity contribution < 1.29 is 9.53 Å². The van der Waals surface area contributed by atoms with E-state index in [4.69, 9.17) is 27.3 Å². The number of carbonyl (C=O) groups excluding carboxylic acids is 1. The highest BCUT2D eigenvalue weighted by molar-refractivity contribution is 6.31. The van der Waals surface area contributed by atoms with E-state index in [1.54, 1.807) is 18.2 Å². The van der Waals surface area contributed by atoms with Gasteiger partial charge in [-0.3, -0.25) is 4.79 Å². The van der Waals surface area contributed by atoms with Gasteiger partial charge in [-0.1, -0.05) is 11.6 Å². The fourth-order valence-corrected chi connectivity index (χ4v) is 1.73. The molecule has 0 saturated carbocycles. The van der Waals surface area contributed by atoms with Crippen LogP contribution in [0, 0.1) is 11.3 Å². The molecular formula is C11H10ClN3O2. The predicted molar refractivity (Wildman–Crippen MR) is 62.7 cm³/mol. The molecule has 0 radical (unpaired) electrons. The SMILES string of the molecule is N#CC(N)C[C@@H]1Oc2ccc(Cl)cc2NC1=O. The Morgan fingerprint density at radius 1 is 1.65 bits per heavy atom. The quantitative estimate of drug-likeness (QED) is 0.829. The van der Waals surface area contributed by atoms with Crippen molar-refractivity contribution in [1.29, 1.82) is 5.26 Å². The second-order valence-corrected chi connectivity index (χ2v) is 4.14. The first-order valence-electron chi connectivity index (χ1n) is 5.02. The molecule has 0 bridgehead atoms. The third kappa shape index (κ3) is 2.49. The lowest BCUT2D eigenvalue weighted by Gasteiger charge is -2.26. The molecule has 1 aliphatic heterocycles. The first-order chi connectivity index (χ1) is 8.10. The van der Waals surface area contributed by atoms with Crippen LogP contribution in [-0.4, -0.2) is 18.1 Å². The molecule has 1 heterocycles. The van der Waals surface area contributed by atoms with Gasteiger partial charge in [-0.05, 0) is 18.2 Å². The summed E-state index contributed by atoms with van der Waals surface area (Å²) in [5.41, 5.74) is 6.00. The van der Waals surface area contributed by atoms with Gasteiger partial charge in [-0.25, -0.2) is 0 Å². The number of rotatable bonds is 2. The number of nitriles is 1. The molecule has 0 saturated heterocycles. The third-order valence-corrected chi connectivity index (χ3v) is 2.63. The van der Waals surface area contributed by atoms with E-state index in [1.165, 1.54) is 0 Å². The van der Waals surface area contributed by atoms with E-state index in [1.807, 2.05) is 6.07 Å². The van der Waals surface area contributed by atoms with Crippen molar-refractivity contribution in [2.45, 2.75) is 18.6 Å². The molecule has 2 atom stereocenters. The minimum absolute atomic E-state index is 0.157. The number of anilines is 1. The van der Waals surface area contributed by atoms with Crippen LogP contribution in [0.1, 0.15) is 6.42 Å². The number of benzene rings is 1. The standard InChI is InChI=1S/C11H10ClN3O2/c12-6-1-2-9-8(3-6)15-11(16)10(17-9)4-7(14)5-13/h1-3,7,10H,4,14H2,(H,15,16)/t7?,10-/m0/s1. The van der Waals surface area contributed by atoms with E-state index in [0.717, 1.165) is 0 Å². The molecule has 0 fully saturated rings. The lowest BCUT2D eigenvalue weighted by molar-refractivity contribution is -0.123. The maximum Gasteiger partial charge on any atom is 0.265 e. The average Bonchev–Trinajstić information content (AvgIpc) is 2.30. The summed E-state index contributed by atoms with van der Waals surface area (Å²) in [6, 6.07) is 6.08. The maximum atomic E-state index is 11.7. The first kappa shape index (κ1) is 11.7. The molecule has 0 aromatic heterocycles.